The van der Waals surface area contributed by atoms with E-state index in [0.29, 0.717) is 18.9 Å². The molecule has 1 amide bonds. The Labute approximate surface area is 133 Å². The first-order valence-corrected chi connectivity index (χ1v) is 8.29. The lowest BCUT2D eigenvalue weighted by Gasteiger charge is -2.30. The van der Waals surface area contributed by atoms with Gasteiger partial charge in [0.2, 0.25) is 5.91 Å². The lowest BCUT2D eigenvalue weighted by molar-refractivity contribution is -0.116. The van der Waals surface area contributed by atoms with Gasteiger partial charge in [-0.05, 0) is 69.8 Å². The van der Waals surface area contributed by atoms with Gasteiger partial charge in [-0.2, -0.15) is 0 Å². The van der Waals surface area contributed by atoms with Crippen LogP contribution in [0.3, 0.4) is 0 Å². The largest absolute Gasteiger partial charge is 0.396 e. The van der Waals surface area contributed by atoms with Crippen LogP contribution < -0.4 is 5.32 Å². The summed E-state index contributed by atoms with van der Waals surface area (Å²) in [4.78, 5) is 14.5. The molecule has 1 aromatic carbocycles. The summed E-state index contributed by atoms with van der Waals surface area (Å²) < 4.78 is 0. The summed E-state index contributed by atoms with van der Waals surface area (Å²) in [7, 11) is 0. The van der Waals surface area contributed by atoms with E-state index in [-0.39, 0.29) is 5.91 Å². The maximum Gasteiger partial charge on any atom is 0.224 e. The van der Waals surface area contributed by atoms with Crippen molar-refractivity contribution in [2.75, 3.05) is 31.6 Å². The first-order chi connectivity index (χ1) is 10.6. The molecule has 0 saturated carbocycles. The number of carbonyl (C=O) groups is 1. The van der Waals surface area contributed by atoms with E-state index < -0.39 is 0 Å². The van der Waals surface area contributed by atoms with Gasteiger partial charge < -0.3 is 15.3 Å². The summed E-state index contributed by atoms with van der Waals surface area (Å²) in [5, 5.41) is 12.2. The second-order valence-electron chi connectivity index (χ2n) is 6.39. The number of aliphatic hydroxyl groups is 1. The predicted molar refractivity (Wildman–Crippen MR) is 90.0 cm³/mol. The van der Waals surface area contributed by atoms with Crippen molar-refractivity contribution in [3.8, 4) is 0 Å². The van der Waals surface area contributed by atoms with Crippen molar-refractivity contribution in [1.29, 1.82) is 0 Å². The van der Waals surface area contributed by atoms with Crippen LogP contribution in [0.5, 0.6) is 0 Å². The van der Waals surface area contributed by atoms with Crippen LogP contribution in [0.2, 0.25) is 0 Å². The van der Waals surface area contributed by atoms with Gasteiger partial charge in [0.1, 0.15) is 0 Å². The van der Waals surface area contributed by atoms with Crippen LogP contribution in [0, 0.1) is 19.8 Å². The molecule has 2 rings (SSSR count). The number of aliphatic hydroxyl groups excluding tert-OH is 1. The maximum atomic E-state index is 12.1. The number of anilines is 1. The van der Waals surface area contributed by atoms with Crippen LogP contribution in [0.15, 0.2) is 18.2 Å². The number of nitrogens with one attached hydrogen (secondary N) is 1. The molecule has 1 aromatic rings. The highest BCUT2D eigenvalue weighted by Crippen LogP contribution is 2.20. The minimum absolute atomic E-state index is 0.0997. The molecule has 0 atom stereocenters. The topological polar surface area (TPSA) is 52.6 Å². The Morgan fingerprint density at radius 1 is 1.27 bits per heavy atom. The van der Waals surface area contributed by atoms with E-state index >= 15 is 0 Å². The minimum atomic E-state index is 0.0997. The number of piperidine rings is 1. The molecule has 0 radical (unpaired) electrons. The number of para-hydroxylation sites is 1. The van der Waals surface area contributed by atoms with Crippen LogP contribution in [-0.2, 0) is 4.79 Å². The number of likely N-dealkylation sites (tertiary alicyclic amines) is 1. The monoisotopic (exact) mass is 304 g/mol. The van der Waals surface area contributed by atoms with Crippen molar-refractivity contribution in [2.45, 2.75) is 39.5 Å². The first-order valence-electron chi connectivity index (χ1n) is 8.29. The predicted octanol–water partition coefficient (Wildman–Crippen LogP) is 2.73. The van der Waals surface area contributed by atoms with Crippen LogP contribution in [0.1, 0.15) is 36.8 Å². The number of rotatable bonds is 6. The molecule has 0 aliphatic carbocycles. The van der Waals surface area contributed by atoms with Gasteiger partial charge in [-0.25, -0.2) is 0 Å². The summed E-state index contributed by atoms with van der Waals surface area (Å²) in [5.74, 6) is 0.575. The second kappa shape index (κ2) is 8.30. The Balaban J connectivity index is 1.70. The zero-order valence-electron chi connectivity index (χ0n) is 13.8. The first kappa shape index (κ1) is 17.0. The van der Waals surface area contributed by atoms with Gasteiger partial charge in [0.05, 0.1) is 0 Å². The molecule has 4 heteroatoms. The van der Waals surface area contributed by atoms with Crippen LogP contribution in [-0.4, -0.2) is 42.2 Å². The van der Waals surface area contributed by atoms with Gasteiger partial charge >= 0.3 is 0 Å². The molecular weight excluding hydrogens is 276 g/mol. The molecule has 0 spiro atoms. The molecule has 1 aliphatic rings. The van der Waals surface area contributed by atoms with Crippen molar-refractivity contribution < 1.29 is 9.90 Å². The zero-order chi connectivity index (χ0) is 15.9. The third kappa shape index (κ3) is 4.82. The van der Waals surface area contributed by atoms with Crippen LogP contribution in [0.25, 0.3) is 0 Å². The average Bonchev–Trinajstić information content (AvgIpc) is 2.52. The van der Waals surface area contributed by atoms with Crippen molar-refractivity contribution in [2.24, 2.45) is 5.92 Å². The van der Waals surface area contributed by atoms with Crippen molar-refractivity contribution >= 4 is 11.6 Å². The highest BCUT2D eigenvalue weighted by molar-refractivity contribution is 5.92. The van der Waals surface area contributed by atoms with E-state index in [9.17, 15) is 4.79 Å². The van der Waals surface area contributed by atoms with Crippen molar-refractivity contribution in [3.05, 3.63) is 29.3 Å². The summed E-state index contributed by atoms with van der Waals surface area (Å²) in [6, 6.07) is 6.05. The highest BCUT2D eigenvalue weighted by Gasteiger charge is 2.18. The standard InChI is InChI=1S/C18H28N2O2/c1-14-5-3-6-15(2)18(14)19-17(22)7-4-10-20-11-8-16(13-21)9-12-20/h3,5-6,16,21H,4,7-13H2,1-2H3,(H,19,22). The Kier molecular flexibility index (Phi) is 6.40. The normalized spacial score (nSPS) is 16.7. The zero-order valence-corrected chi connectivity index (χ0v) is 13.8. The lowest BCUT2D eigenvalue weighted by Crippen LogP contribution is -2.35. The Morgan fingerprint density at radius 3 is 2.50 bits per heavy atom. The number of nitrogens with zero attached hydrogens (tertiary/aromatic N) is 1. The van der Waals surface area contributed by atoms with Crippen molar-refractivity contribution in [1.82, 2.24) is 4.90 Å². The SMILES string of the molecule is Cc1cccc(C)c1NC(=O)CCCN1CCC(CO)CC1. The Morgan fingerprint density at radius 2 is 1.91 bits per heavy atom. The fourth-order valence-corrected chi connectivity index (χ4v) is 3.07. The van der Waals surface area contributed by atoms with Gasteiger partial charge in [-0.1, -0.05) is 18.2 Å². The van der Waals surface area contributed by atoms with Gasteiger partial charge in [-0.15, -0.1) is 0 Å². The quantitative estimate of drug-likeness (QED) is 0.849. The fourth-order valence-electron chi connectivity index (χ4n) is 3.07. The Hall–Kier alpha value is -1.39. The van der Waals surface area contributed by atoms with Gasteiger partial charge in [0.15, 0.2) is 0 Å². The number of aryl methyl sites for hydroxylation is 2. The number of hydrogen-bond acceptors (Lipinski definition) is 3. The minimum Gasteiger partial charge on any atom is -0.396 e. The molecule has 1 saturated heterocycles. The average molecular weight is 304 g/mol. The molecule has 1 fully saturated rings. The fraction of sp³-hybridized carbons (Fsp3) is 0.611. The van der Waals surface area contributed by atoms with E-state index in [4.69, 9.17) is 5.11 Å². The third-order valence-corrected chi connectivity index (χ3v) is 4.59. The van der Waals surface area contributed by atoms with Gasteiger partial charge in [0, 0.05) is 18.7 Å². The summed E-state index contributed by atoms with van der Waals surface area (Å²) in [6.07, 6.45) is 3.60. The molecule has 22 heavy (non-hydrogen) atoms. The molecule has 0 unspecified atom stereocenters. The number of amides is 1. The molecule has 1 aliphatic heterocycles. The van der Waals surface area contributed by atoms with Crippen LogP contribution in [0.4, 0.5) is 5.69 Å². The smallest absolute Gasteiger partial charge is 0.224 e. The molecule has 0 aromatic heterocycles. The van der Waals surface area contributed by atoms with Gasteiger partial charge in [0.25, 0.3) is 0 Å². The lowest BCUT2D eigenvalue weighted by atomic mass is 9.98. The van der Waals surface area contributed by atoms with E-state index in [1.807, 2.05) is 32.0 Å². The summed E-state index contributed by atoms with van der Waals surface area (Å²) >= 11 is 0. The highest BCUT2D eigenvalue weighted by atomic mass is 16.3. The molecule has 0 bridgehead atoms. The summed E-state index contributed by atoms with van der Waals surface area (Å²) in [6.45, 7) is 7.42. The molecule has 1 heterocycles. The summed E-state index contributed by atoms with van der Waals surface area (Å²) in [5.41, 5.74) is 3.18. The molecule has 4 nitrogen and oxygen atoms in total. The van der Waals surface area contributed by atoms with Crippen molar-refractivity contribution in [3.63, 3.8) is 0 Å². The maximum absolute atomic E-state index is 12.1. The second-order valence-corrected chi connectivity index (χ2v) is 6.39. The molecule has 2 N–H and O–H groups in total. The van der Waals surface area contributed by atoms with E-state index in [2.05, 4.69) is 10.2 Å². The van der Waals surface area contributed by atoms with Crippen LogP contribution >= 0.6 is 0 Å². The van der Waals surface area contributed by atoms with E-state index in [0.717, 1.165) is 55.7 Å². The van der Waals surface area contributed by atoms with Gasteiger partial charge in [-0.3, -0.25) is 4.79 Å². The van der Waals surface area contributed by atoms with E-state index in [1.165, 1.54) is 0 Å². The third-order valence-electron chi connectivity index (χ3n) is 4.59. The molecule has 122 valence electrons. The number of hydrogen-bond donors (Lipinski definition) is 2. The number of benzene rings is 1. The number of carbonyl (C=O) groups excluding carboxylic acids is 1. The molecular formula is C18H28N2O2. The van der Waals surface area contributed by atoms with E-state index in [1.54, 1.807) is 0 Å². The Bertz CT molecular complexity index is 474.